The SMILES string of the molecule is CN(C)c1nc(NC2CCC(CNCc3cccc(C#N)c3)CC2)nc2ccccc12. The molecule has 0 saturated heterocycles. The molecule has 1 saturated carbocycles. The van der Waals surface area contributed by atoms with Crippen molar-refractivity contribution in [3.8, 4) is 6.07 Å². The van der Waals surface area contributed by atoms with Gasteiger partial charge in [-0.1, -0.05) is 24.3 Å². The highest BCUT2D eigenvalue weighted by molar-refractivity contribution is 5.90. The average Bonchev–Trinajstić information content (AvgIpc) is 2.80. The van der Waals surface area contributed by atoms with Gasteiger partial charge in [-0.2, -0.15) is 10.2 Å². The van der Waals surface area contributed by atoms with Gasteiger partial charge in [0.2, 0.25) is 5.95 Å². The highest BCUT2D eigenvalue weighted by Gasteiger charge is 2.22. The zero-order chi connectivity index (χ0) is 21.6. The van der Waals surface area contributed by atoms with E-state index in [9.17, 15) is 0 Å². The minimum atomic E-state index is 0.416. The monoisotopic (exact) mass is 414 g/mol. The maximum atomic E-state index is 9.03. The molecule has 1 aliphatic carbocycles. The zero-order valence-corrected chi connectivity index (χ0v) is 18.3. The molecule has 0 unspecified atom stereocenters. The molecule has 0 aliphatic heterocycles. The van der Waals surface area contributed by atoms with Crippen molar-refractivity contribution < 1.29 is 0 Å². The standard InChI is InChI=1S/C25H30N6/c1-31(2)24-22-8-3-4-9-23(22)29-25(30-24)28-21-12-10-18(11-13-21)16-27-17-20-7-5-6-19(14-20)15-26/h3-9,14,18,21,27H,10-13,16-17H2,1-2H3,(H,28,29,30). The van der Waals surface area contributed by atoms with E-state index in [1.54, 1.807) is 0 Å². The van der Waals surface area contributed by atoms with Gasteiger partial charge in [-0.3, -0.25) is 0 Å². The molecule has 4 rings (SSSR count). The van der Waals surface area contributed by atoms with Crippen LogP contribution >= 0.6 is 0 Å². The second-order valence-corrected chi connectivity index (χ2v) is 8.59. The third-order valence-corrected chi connectivity index (χ3v) is 6.00. The Kier molecular flexibility index (Phi) is 6.63. The molecule has 0 radical (unpaired) electrons. The maximum Gasteiger partial charge on any atom is 0.225 e. The van der Waals surface area contributed by atoms with Crippen LogP contribution < -0.4 is 15.5 Å². The third-order valence-electron chi connectivity index (χ3n) is 6.00. The van der Waals surface area contributed by atoms with Crippen LogP contribution in [0.4, 0.5) is 11.8 Å². The third kappa shape index (κ3) is 5.31. The Morgan fingerprint density at radius 1 is 1.03 bits per heavy atom. The molecule has 0 atom stereocenters. The fourth-order valence-corrected chi connectivity index (χ4v) is 4.33. The smallest absolute Gasteiger partial charge is 0.225 e. The summed E-state index contributed by atoms with van der Waals surface area (Å²) < 4.78 is 0. The van der Waals surface area contributed by atoms with Crippen molar-refractivity contribution in [2.45, 2.75) is 38.3 Å². The quantitative estimate of drug-likeness (QED) is 0.599. The summed E-state index contributed by atoms with van der Waals surface area (Å²) >= 11 is 0. The van der Waals surface area contributed by atoms with Crippen molar-refractivity contribution in [2.75, 3.05) is 30.9 Å². The largest absolute Gasteiger partial charge is 0.362 e. The molecular formula is C25H30N6. The first-order valence-electron chi connectivity index (χ1n) is 11.0. The van der Waals surface area contributed by atoms with E-state index in [1.807, 2.05) is 55.4 Å². The van der Waals surface area contributed by atoms with Gasteiger partial charge in [0.25, 0.3) is 0 Å². The van der Waals surface area contributed by atoms with Crippen molar-refractivity contribution in [3.63, 3.8) is 0 Å². The van der Waals surface area contributed by atoms with Crippen LogP contribution in [0.25, 0.3) is 10.9 Å². The molecule has 160 valence electrons. The highest BCUT2D eigenvalue weighted by Crippen LogP contribution is 2.28. The lowest BCUT2D eigenvalue weighted by Crippen LogP contribution is -2.31. The topological polar surface area (TPSA) is 76.9 Å². The first-order valence-corrected chi connectivity index (χ1v) is 11.0. The summed E-state index contributed by atoms with van der Waals surface area (Å²) in [6.07, 6.45) is 4.64. The lowest BCUT2D eigenvalue weighted by molar-refractivity contribution is 0.324. The molecule has 1 fully saturated rings. The molecule has 31 heavy (non-hydrogen) atoms. The minimum absolute atomic E-state index is 0.416. The summed E-state index contributed by atoms with van der Waals surface area (Å²) in [5.41, 5.74) is 2.86. The number of benzene rings is 2. The van der Waals surface area contributed by atoms with Gasteiger partial charge in [0.05, 0.1) is 17.1 Å². The van der Waals surface area contributed by atoms with Crippen LogP contribution in [-0.4, -0.2) is 36.6 Å². The van der Waals surface area contributed by atoms with Gasteiger partial charge in [-0.05, 0) is 68.0 Å². The van der Waals surface area contributed by atoms with Crippen molar-refractivity contribution in [2.24, 2.45) is 5.92 Å². The van der Waals surface area contributed by atoms with E-state index in [4.69, 9.17) is 15.2 Å². The number of hydrogen-bond donors (Lipinski definition) is 2. The fraction of sp³-hybridized carbons (Fsp3) is 0.400. The zero-order valence-electron chi connectivity index (χ0n) is 18.3. The van der Waals surface area contributed by atoms with E-state index in [1.165, 1.54) is 18.4 Å². The summed E-state index contributed by atoms with van der Waals surface area (Å²) in [7, 11) is 4.04. The molecule has 1 aromatic heterocycles. The number of anilines is 2. The maximum absolute atomic E-state index is 9.03. The van der Waals surface area contributed by atoms with Crippen molar-refractivity contribution in [3.05, 3.63) is 59.7 Å². The van der Waals surface area contributed by atoms with Crippen LogP contribution in [0, 0.1) is 17.2 Å². The summed E-state index contributed by atoms with van der Waals surface area (Å²) in [6.45, 7) is 1.83. The second-order valence-electron chi connectivity index (χ2n) is 8.59. The van der Waals surface area contributed by atoms with Gasteiger partial charge >= 0.3 is 0 Å². The second kappa shape index (κ2) is 9.76. The lowest BCUT2D eigenvalue weighted by atomic mass is 9.86. The molecule has 0 amide bonds. The summed E-state index contributed by atoms with van der Waals surface area (Å²) in [6, 6.07) is 18.6. The van der Waals surface area contributed by atoms with E-state index in [-0.39, 0.29) is 0 Å². The van der Waals surface area contributed by atoms with Crippen molar-refractivity contribution >= 4 is 22.7 Å². The Bertz CT molecular complexity index is 1060. The lowest BCUT2D eigenvalue weighted by Gasteiger charge is -2.29. The van der Waals surface area contributed by atoms with E-state index < -0.39 is 0 Å². The molecular weight excluding hydrogens is 384 g/mol. The van der Waals surface area contributed by atoms with Crippen molar-refractivity contribution in [1.82, 2.24) is 15.3 Å². The van der Waals surface area contributed by atoms with Crippen LogP contribution in [0.3, 0.4) is 0 Å². The van der Waals surface area contributed by atoms with E-state index in [2.05, 4.69) is 28.8 Å². The number of hydrogen-bond acceptors (Lipinski definition) is 6. The fourth-order valence-electron chi connectivity index (χ4n) is 4.33. The highest BCUT2D eigenvalue weighted by atomic mass is 15.2. The Labute approximate surface area is 184 Å². The van der Waals surface area contributed by atoms with Crippen LogP contribution in [0.5, 0.6) is 0 Å². The molecule has 0 bridgehead atoms. The number of fused-ring (bicyclic) bond motifs is 1. The van der Waals surface area contributed by atoms with E-state index in [0.29, 0.717) is 12.0 Å². The van der Waals surface area contributed by atoms with E-state index in [0.717, 1.165) is 54.2 Å². The number of nitrogens with zero attached hydrogens (tertiary/aromatic N) is 4. The molecule has 6 nitrogen and oxygen atoms in total. The van der Waals surface area contributed by atoms with E-state index >= 15 is 0 Å². The molecule has 0 spiro atoms. The number of aromatic nitrogens is 2. The molecule has 6 heteroatoms. The van der Waals surface area contributed by atoms with Crippen LogP contribution in [0.1, 0.15) is 36.8 Å². The molecule has 2 aromatic carbocycles. The average molecular weight is 415 g/mol. The molecule has 2 N–H and O–H groups in total. The Balaban J connectivity index is 1.29. The Morgan fingerprint density at radius 3 is 2.61 bits per heavy atom. The number of nitriles is 1. The first-order chi connectivity index (χ1) is 15.1. The summed E-state index contributed by atoms with van der Waals surface area (Å²) in [5.74, 6) is 2.36. The van der Waals surface area contributed by atoms with Gasteiger partial charge in [-0.25, -0.2) is 4.98 Å². The summed E-state index contributed by atoms with van der Waals surface area (Å²) in [5, 5.41) is 17.3. The van der Waals surface area contributed by atoms with Crippen LogP contribution in [0.2, 0.25) is 0 Å². The molecule has 3 aromatic rings. The predicted octanol–water partition coefficient (Wildman–Crippen LogP) is 4.33. The predicted molar refractivity (Wildman–Crippen MR) is 126 cm³/mol. The van der Waals surface area contributed by atoms with Crippen LogP contribution in [-0.2, 0) is 6.54 Å². The summed E-state index contributed by atoms with van der Waals surface area (Å²) in [4.78, 5) is 11.6. The number of para-hydroxylation sites is 1. The van der Waals surface area contributed by atoms with Crippen molar-refractivity contribution in [1.29, 1.82) is 5.26 Å². The number of nitrogens with one attached hydrogen (secondary N) is 2. The Morgan fingerprint density at radius 2 is 1.84 bits per heavy atom. The van der Waals surface area contributed by atoms with Gasteiger partial charge in [0.15, 0.2) is 0 Å². The minimum Gasteiger partial charge on any atom is -0.362 e. The molecule has 1 heterocycles. The van der Waals surface area contributed by atoms with Gasteiger partial charge in [-0.15, -0.1) is 0 Å². The van der Waals surface area contributed by atoms with Gasteiger partial charge in [0, 0.05) is 32.1 Å². The van der Waals surface area contributed by atoms with Gasteiger partial charge in [0.1, 0.15) is 5.82 Å². The normalized spacial score (nSPS) is 18.5. The Hall–Kier alpha value is -3.17. The van der Waals surface area contributed by atoms with Gasteiger partial charge < -0.3 is 15.5 Å². The van der Waals surface area contributed by atoms with Crippen LogP contribution in [0.15, 0.2) is 48.5 Å². The molecule has 1 aliphatic rings. The first kappa shape index (κ1) is 21.1. The number of rotatable bonds is 7.